The Hall–Kier alpha value is -0.520. The summed E-state index contributed by atoms with van der Waals surface area (Å²) < 4.78 is 5.48. The number of ether oxygens (including phenoxy) is 1. The second-order valence-corrected chi connectivity index (χ2v) is 3.80. The standard InChI is InChI=1S/C12H23NO/c1-6-7-8-9-11(13-4)12(14-5)10(2)3/h10-13H,8-9H2,1-5H3. The molecule has 0 aliphatic carbocycles. The average Bonchev–Trinajstić information content (AvgIpc) is 2.16. The highest BCUT2D eigenvalue weighted by atomic mass is 16.5. The van der Waals surface area contributed by atoms with E-state index in [0.717, 1.165) is 12.8 Å². The molecule has 0 aromatic heterocycles. The molecule has 0 radical (unpaired) electrons. The molecule has 2 atom stereocenters. The summed E-state index contributed by atoms with van der Waals surface area (Å²) in [6.07, 6.45) is 2.27. The van der Waals surface area contributed by atoms with Crippen LogP contribution >= 0.6 is 0 Å². The Morgan fingerprint density at radius 1 is 1.36 bits per heavy atom. The minimum atomic E-state index is 0.277. The van der Waals surface area contributed by atoms with Crippen LogP contribution in [0.1, 0.15) is 33.6 Å². The van der Waals surface area contributed by atoms with E-state index < -0.39 is 0 Å². The molecule has 0 aliphatic heterocycles. The Kier molecular flexibility index (Phi) is 7.55. The lowest BCUT2D eigenvalue weighted by molar-refractivity contribution is 0.0333. The van der Waals surface area contributed by atoms with Crippen LogP contribution in [-0.4, -0.2) is 26.3 Å². The first kappa shape index (κ1) is 13.5. The Morgan fingerprint density at radius 2 is 2.00 bits per heavy atom. The van der Waals surface area contributed by atoms with Crippen molar-refractivity contribution in [2.75, 3.05) is 14.2 Å². The van der Waals surface area contributed by atoms with Crippen LogP contribution in [0.3, 0.4) is 0 Å². The van der Waals surface area contributed by atoms with Crippen LogP contribution in [-0.2, 0) is 4.74 Å². The Morgan fingerprint density at radius 3 is 2.36 bits per heavy atom. The first-order chi connectivity index (χ1) is 6.67. The normalized spacial score (nSPS) is 14.7. The molecule has 0 aromatic rings. The second kappa shape index (κ2) is 7.84. The highest BCUT2D eigenvalue weighted by Gasteiger charge is 2.21. The van der Waals surface area contributed by atoms with Gasteiger partial charge in [-0.3, -0.25) is 0 Å². The quantitative estimate of drug-likeness (QED) is 0.658. The fourth-order valence-electron chi connectivity index (χ4n) is 1.73. The first-order valence-corrected chi connectivity index (χ1v) is 5.27. The van der Waals surface area contributed by atoms with Crippen LogP contribution in [0.2, 0.25) is 0 Å². The van der Waals surface area contributed by atoms with Crippen LogP contribution < -0.4 is 5.32 Å². The van der Waals surface area contributed by atoms with E-state index in [9.17, 15) is 0 Å². The van der Waals surface area contributed by atoms with E-state index in [4.69, 9.17) is 4.74 Å². The molecule has 0 fully saturated rings. The van der Waals surface area contributed by atoms with E-state index in [-0.39, 0.29) is 6.10 Å². The van der Waals surface area contributed by atoms with Crippen molar-refractivity contribution < 1.29 is 4.74 Å². The van der Waals surface area contributed by atoms with Gasteiger partial charge in [-0.05, 0) is 26.3 Å². The first-order valence-electron chi connectivity index (χ1n) is 5.27. The highest BCUT2D eigenvalue weighted by molar-refractivity contribution is 4.96. The van der Waals surface area contributed by atoms with Crippen molar-refractivity contribution in [3.8, 4) is 11.8 Å². The number of hydrogen-bond donors (Lipinski definition) is 1. The van der Waals surface area contributed by atoms with Crippen molar-refractivity contribution in [1.29, 1.82) is 0 Å². The van der Waals surface area contributed by atoms with Crippen molar-refractivity contribution in [1.82, 2.24) is 5.32 Å². The van der Waals surface area contributed by atoms with Crippen molar-refractivity contribution in [2.45, 2.75) is 45.8 Å². The fourth-order valence-corrected chi connectivity index (χ4v) is 1.73. The minimum Gasteiger partial charge on any atom is -0.380 e. The maximum absolute atomic E-state index is 5.48. The molecule has 0 amide bonds. The average molecular weight is 197 g/mol. The summed E-state index contributed by atoms with van der Waals surface area (Å²) in [5.74, 6) is 6.53. The van der Waals surface area contributed by atoms with Crippen LogP contribution in [0, 0.1) is 17.8 Å². The molecular formula is C12H23NO. The van der Waals surface area contributed by atoms with Gasteiger partial charge in [0.1, 0.15) is 0 Å². The van der Waals surface area contributed by atoms with Gasteiger partial charge in [0.2, 0.25) is 0 Å². The number of rotatable bonds is 6. The molecule has 14 heavy (non-hydrogen) atoms. The summed E-state index contributed by atoms with van der Waals surface area (Å²) in [4.78, 5) is 0. The number of nitrogens with one attached hydrogen (secondary N) is 1. The van der Waals surface area contributed by atoms with E-state index in [1.54, 1.807) is 7.11 Å². The van der Waals surface area contributed by atoms with E-state index in [2.05, 4.69) is 31.0 Å². The molecule has 2 heteroatoms. The van der Waals surface area contributed by atoms with Gasteiger partial charge < -0.3 is 10.1 Å². The summed E-state index contributed by atoms with van der Waals surface area (Å²) in [6.45, 7) is 6.25. The molecule has 0 bridgehead atoms. The molecule has 0 aliphatic rings. The Bertz CT molecular complexity index is 190. The van der Waals surface area contributed by atoms with E-state index in [0.29, 0.717) is 12.0 Å². The van der Waals surface area contributed by atoms with Crippen LogP contribution in [0.25, 0.3) is 0 Å². The van der Waals surface area contributed by atoms with Gasteiger partial charge in [-0.1, -0.05) is 13.8 Å². The lowest BCUT2D eigenvalue weighted by atomic mass is 9.96. The van der Waals surface area contributed by atoms with Gasteiger partial charge >= 0.3 is 0 Å². The monoisotopic (exact) mass is 197 g/mol. The molecule has 0 spiro atoms. The number of likely N-dealkylation sites (N-methyl/N-ethyl adjacent to an activating group) is 1. The molecular weight excluding hydrogens is 174 g/mol. The maximum atomic E-state index is 5.48. The summed E-state index contributed by atoms with van der Waals surface area (Å²) in [5.41, 5.74) is 0. The van der Waals surface area contributed by atoms with Gasteiger partial charge in [0.25, 0.3) is 0 Å². The smallest absolute Gasteiger partial charge is 0.0747 e. The Balaban J connectivity index is 4.12. The highest BCUT2D eigenvalue weighted by Crippen LogP contribution is 2.13. The third-order valence-electron chi connectivity index (χ3n) is 2.45. The van der Waals surface area contributed by atoms with Crippen molar-refractivity contribution in [2.24, 2.45) is 5.92 Å². The number of hydrogen-bond acceptors (Lipinski definition) is 2. The molecule has 0 rings (SSSR count). The summed E-state index contributed by atoms with van der Waals surface area (Å²) >= 11 is 0. The summed E-state index contributed by atoms with van der Waals surface area (Å²) in [6, 6.07) is 0.404. The maximum Gasteiger partial charge on any atom is 0.0747 e. The number of methoxy groups -OCH3 is 1. The van der Waals surface area contributed by atoms with Crippen molar-refractivity contribution >= 4 is 0 Å². The molecule has 2 unspecified atom stereocenters. The van der Waals surface area contributed by atoms with Gasteiger partial charge in [-0.25, -0.2) is 0 Å². The molecule has 0 saturated carbocycles. The van der Waals surface area contributed by atoms with E-state index in [1.165, 1.54) is 0 Å². The molecule has 0 saturated heterocycles. The van der Waals surface area contributed by atoms with Gasteiger partial charge in [-0.2, -0.15) is 0 Å². The zero-order valence-corrected chi connectivity index (χ0v) is 10.1. The summed E-state index contributed by atoms with van der Waals surface area (Å²) in [7, 11) is 3.76. The topological polar surface area (TPSA) is 21.3 Å². The zero-order chi connectivity index (χ0) is 11.0. The summed E-state index contributed by atoms with van der Waals surface area (Å²) in [5, 5.41) is 3.30. The van der Waals surface area contributed by atoms with Gasteiger partial charge in [0, 0.05) is 19.6 Å². The van der Waals surface area contributed by atoms with Gasteiger partial charge in [0.15, 0.2) is 0 Å². The fraction of sp³-hybridized carbons (Fsp3) is 0.833. The molecule has 82 valence electrons. The predicted octanol–water partition coefficient (Wildman–Crippen LogP) is 2.05. The van der Waals surface area contributed by atoms with Crippen molar-refractivity contribution in [3.05, 3.63) is 0 Å². The van der Waals surface area contributed by atoms with E-state index in [1.807, 2.05) is 14.0 Å². The van der Waals surface area contributed by atoms with Crippen LogP contribution in [0.4, 0.5) is 0 Å². The molecule has 2 nitrogen and oxygen atoms in total. The second-order valence-electron chi connectivity index (χ2n) is 3.80. The minimum absolute atomic E-state index is 0.277. The molecule has 0 heterocycles. The van der Waals surface area contributed by atoms with Crippen LogP contribution in [0.5, 0.6) is 0 Å². The van der Waals surface area contributed by atoms with Gasteiger partial charge in [-0.15, -0.1) is 11.8 Å². The van der Waals surface area contributed by atoms with E-state index >= 15 is 0 Å². The Labute approximate surface area is 88.4 Å². The third kappa shape index (κ3) is 4.64. The predicted molar refractivity (Wildman–Crippen MR) is 61.2 cm³/mol. The van der Waals surface area contributed by atoms with Crippen molar-refractivity contribution in [3.63, 3.8) is 0 Å². The largest absolute Gasteiger partial charge is 0.380 e. The lowest BCUT2D eigenvalue weighted by Crippen LogP contribution is -2.41. The third-order valence-corrected chi connectivity index (χ3v) is 2.45. The molecule has 0 aromatic carbocycles. The van der Waals surface area contributed by atoms with Crippen LogP contribution in [0.15, 0.2) is 0 Å². The molecule has 1 N–H and O–H groups in total. The van der Waals surface area contributed by atoms with Gasteiger partial charge in [0.05, 0.1) is 6.10 Å². The lowest BCUT2D eigenvalue weighted by Gasteiger charge is -2.28. The zero-order valence-electron chi connectivity index (χ0n) is 10.1. The SMILES string of the molecule is CC#CCCC(NC)C(OC)C(C)C.